The molecule has 2 heterocycles. The van der Waals surface area contributed by atoms with Crippen LogP contribution in [0.3, 0.4) is 0 Å². The molecular formula is C15H7Cl6N3O. The summed E-state index contributed by atoms with van der Waals surface area (Å²) in [6.45, 7) is 0. The summed E-state index contributed by atoms with van der Waals surface area (Å²) >= 11 is 35.0. The van der Waals surface area contributed by atoms with E-state index in [9.17, 15) is 0 Å². The van der Waals surface area contributed by atoms with E-state index in [1.165, 1.54) is 0 Å². The Balaban J connectivity index is 2.04. The van der Waals surface area contributed by atoms with E-state index in [-0.39, 0.29) is 17.5 Å². The van der Waals surface area contributed by atoms with Crippen LogP contribution in [0.1, 0.15) is 23.2 Å². The highest BCUT2D eigenvalue weighted by Gasteiger charge is 2.33. The molecule has 1 aromatic carbocycles. The van der Waals surface area contributed by atoms with Gasteiger partial charge in [-0.15, -0.1) is 0 Å². The largest absolute Gasteiger partial charge is 0.464 e. The van der Waals surface area contributed by atoms with Crippen LogP contribution in [-0.2, 0) is 7.59 Å². The fourth-order valence-corrected chi connectivity index (χ4v) is 2.52. The van der Waals surface area contributed by atoms with Crippen LogP contribution in [0.25, 0.3) is 22.9 Å². The van der Waals surface area contributed by atoms with Crippen molar-refractivity contribution in [2.45, 2.75) is 7.59 Å². The predicted molar refractivity (Wildman–Crippen MR) is 103 cm³/mol. The first-order valence-corrected chi connectivity index (χ1v) is 8.96. The number of rotatable bonds is 2. The van der Waals surface area contributed by atoms with Gasteiger partial charge in [0.2, 0.25) is 7.59 Å². The summed E-state index contributed by atoms with van der Waals surface area (Å²) in [5.74, 6) is 0.454. The maximum absolute atomic E-state index is 5.84. The third kappa shape index (κ3) is 4.51. The molecule has 25 heavy (non-hydrogen) atoms. The first kappa shape index (κ1) is 19.0. The van der Waals surface area contributed by atoms with Gasteiger partial charge in [0.1, 0.15) is 5.76 Å². The highest BCUT2D eigenvalue weighted by Crippen LogP contribution is 2.40. The molecule has 0 saturated heterocycles. The van der Waals surface area contributed by atoms with Crippen LogP contribution in [0.15, 0.2) is 34.9 Å². The van der Waals surface area contributed by atoms with Crippen LogP contribution in [0.2, 0.25) is 0 Å². The molecule has 3 aromatic rings. The van der Waals surface area contributed by atoms with Crippen LogP contribution in [-0.4, -0.2) is 15.0 Å². The van der Waals surface area contributed by atoms with Gasteiger partial charge in [-0.1, -0.05) is 93.9 Å². The van der Waals surface area contributed by atoms with Gasteiger partial charge in [0.15, 0.2) is 17.5 Å². The molecule has 0 atom stereocenters. The van der Waals surface area contributed by atoms with E-state index in [0.29, 0.717) is 5.76 Å². The zero-order valence-electron chi connectivity index (χ0n) is 12.1. The van der Waals surface area contributed by atoms with Gasteiger partial charge in [0.05, 0.1) is 6.26 Å². The minimum Gasteiger partial charge on any atom is -0.464 e. The molecule has 0 spiro atoms. The van der Waals surface area contributed by atoms with E-state index in [4.69, 9.17) is 74.0 Å². The summed E-state index contributed by atoms with van der Waals surface area (Å²) in [5.41, 5.74) is 0. The number of nitrogens with zero attached hydrogens (tertiary/aromatic N) is 3. The Morgan fingerprint density at radius 1 is 0.800 bits per heavy atom. The lowest BCUT2D eigenvalue weighted by molar-refractivity contribution is 0.562. The maximum atomic E-state index is 5.84. The molecule has 0 saturated carbocycles. The van der Waals surface area contributed by atoms with Gasteiger partial charge in [0.25, 0.3) is 0 Å². The normalized spacial score (nSPS) is 13.0. The zero-order chi connectivity index (χ0) is 18.2. The zero-order valence-corrected chi connectivity index (χ0v) is 16.6. The van der Waals surface area contributed by atoms with Crippen LogP contribution in [0, 0.1) is 0 Å². The van der Waals surface area contributed by atoms with Crippen molar-refractivity contribution in [3.8, 4) is 0 Å². The molecular weight excluding hydrogens is 451 g/mol. The molecule has 2 aromatic heterocycles. The van der Waals surface area contributed by atoms with E-state index in [1.54, 1.807) is 18.4 Å². The lowest BCUT2D eigenvalue weighted by atomic mass is 10.2. The lowest BCUT2D eigenvalue weighted by Gasteiger charge is -2.14. The van der Waals surface area contributed by atoms with Crippen molar-refractivity contribution in [3.63, 3.8) is 0 Å². The Labute approximate surface area is 172 Å². The minimum absolute atomic E-state index is 0.151. The first-order chi connectivity index (χ1) is 11.6. The van der Waals surface area contributed by atoms with Gasteiger partial charge in [-0.05, 0) is 12.2 Å². The summed E-state index contributed by atoms with van der Waals surface area (Å²) in [4.78, 5) is 12.1. The number of halogens is 6. The second-order valence-electron chi connectivity index (χ2n) is 4.86. The van der Waals surface area contributed by atoms with E-state index in [0.717, 1.165) is 10.8 Å². The summed E-state index contributed by atoms with van der Waals surface area (Å²) < 4.78 is 1.73. The molecule has 0 aliphatic rings. The molecule has 10 heteroatoms. The molecule has 0 fully saturated rings. The number of hydrogen-bond acceptors (Lipinski definition) is 4. The van der Waals surface area contributed by atoms with Crippen LogP contribution in [0.4, 0.5) is 0 Å². The Kier molecular flexibility index (Phi) is 5.41. The third-order valence-electron chi connectivity index (χ3n) is 3.08. The molecule has 0 aliphatic carbocycles. The minimum atomic E-state index is -1.90. The van der Waals surface area contributed by atoms with E-state index >= 15 is 0 Å². The van der Waals surface area contributed by atoms with E-state index in [1.807, 2.05) is 24.3 Å². The van der Waals surface area contributed by atoms with Crippen LogP contribution < -0.4 is 0 Å². The van der Waals surface area contributed by atoms with Gasteiger partial charge in [-0.25, -0.2) is 15.0 Å². The smallest absolute Gasteiger partial charge is 0.250 e. The molecule has 0 bridgehead atoms. The standard InChI is InChI=1S/C15H7Cl6N3O/c16-14(17,18)12-22-11(23-13(24-12)15(19,20)21)6-5-10-9-4-2-1-3-8(9)7-25-10/h1-7H. The van der Waals surface area contributed by atoms with Gasteiger partial charge in [0, 0.05) is 10.8 Å². The summed E-state index contributed by atoms with van der Waals surface area (Å²) in [6.07, 6.45) is 4.86. The van der Waals surface area contributed by atoms with E-state index in [2.05, 4.69) is 15.0 Å². The second kappa shape index (κ2) is 7.10. The monoisotopic (exact) mass is 455 g/mol. The van der Waals surface area contributed by atoms with Crippen molar-refractivity contribution in [2.75, 3.05) is 0 Å². The average molecular weight is 458 g/mol. The van der Waals surface area contributed by atoms with Gasteiger partial charge >= 0.3 is 0 Å². The summed E-state index contributed by atoms with van der Waals surface area (Å²) in [6, 6.07) is 7.67. The number of benzene rings is 1. The third-order valence-corrected chi connectivity index (χ3v) is 4.10. The van der Waals surface area contributed by atoms with Crippen molar-refractivity contribution in [3.05, 3.63) is 53.8 Å². The SMILES string of the molecule is ClC(Cl)(Cl)c1nc(C=Cc2occ3ccccc23)nc(C(Cl)(Cl)Cl)n1. The predicted octanol–water partition coefficient (Wildman–Crippen LogP) is 6.44. The lowest BCUT2D eigenvalue weighted by Crippen LogP contribution is -2.16. The topological polar surface area (TPSA) is 51.8 Å². The summed E-state index contributed by atoms with van der Waals surface area (Å²) in [5, 5.41) is 1.89. The van der Waals surface area contributed by atoms with E-state index < -0.39 is 7.59 Å². The first-order valence-electron chi connectivity index (χ1n) is 6.69. The van der Waals surface area contributed by atoms with Crippen LogP contribution >= 0.6 is 69.6 Å². The van der Waals surface area contributed by atoms with Crippen LogP contribution in [0.5, 0.6) is 0 Å². The molecule has 0 radical (unpaired) electrons. The molecule has 0 amide bonds. The Morgan fingerprint density at radius 2 is 1.40 bits per heavy atom. The van der Waals surface area contributed by atoms with Crippen molar-refractivity contribution in [2.24, 2.45) is 0 Å². The van der Waals surface area contributed by atoms with Gasteiger partial charge < -0.3 is 4.42 Å². The number of furan rings is 1. The second-order valence-corrected chi connectivity index (χ2v) is 9.42. The van der Waals surface area contributed by atoms with Crippen molar-refractivity contribution < 1.29 is 4.42 Å². The van der Waals surface area contributed by atoms with Crippen molar-refractivity contribution >= 4 is 92.5 Å². The molecule has 0 unspecified atom stereocenters. The van der Waals surface area contributed by atoms with Gasteiger partial charge in [-0.3, -0.25) is 0 Å². The summed E-state index contributed by atoms with van der Waals surface area (Å²) in [7, 11) is 0. The number of fused-ring (bicyclic) bond motifs is 1. The number of hydrogen-bond donors (Lipinski definition) is 0. The fraction of sp³-hybridized carbons (Fsp3) is 0.133. The molecule has 4 nitrogen and oxygen atoms in total. The Hall–Kier alpha value is -0.750. The number of alkyl halides is 6. The van der Waals surface area contributed by atoms with Gasteiger partial charge in [-0.2, -0.15) is 0 Å². The molecule has 0 N–H and O–H groups in total. The number of aromatic nitrogens is 3. The maximum Gasteiger partial charge on any atom is 0.250 e. The Morgan fingerprint density at radius 3 is 2.00 bits per heavy atom. The fourth-order valence-electron chi connectivity index (χ4n) is 2.01. The van der Waals surface area contributed by atoms with Crippen molar-refractivity contribution in [1.29, 1.82) is 0 Å². The molecule has 3 rings (SSSR count). The van der Waals surface area contributed by atoms with Crippen molar-refractivity contribution in [1.82, 2.24) is 15.0 Å². The molecule has 0 aliphatic heterocycles. The quantitative estimate of drug-likeness (QED) is 0.415. The average Bonchev–Trinajstić information content (AvgIpc) is 2.94. The molecule has 130 valence electrons. The highest BCUT2D eigenvalue weighted by atomic mass is 35.6. The highest BCUT2D eigenvalue weighted by molar-refractivity contribution is 6.67. The Bertz CT molecular complexity index is 910.